The number of aliphatic imine (C=N–C) groups is 1. The van der Waals surface area contributed by atoms with Crippen molar-refractivity contribution in [2.24, 2.45) is 39.9 Å². The molecular weight excluding hydrogens is 706 g/mol. The van der Waals surface area contributed by atoms with Crippen molar-refractivity contribution in [2.45, 2.75) is 130 Å². The summed E-state index contributed by atoms with van der Waals surface area (Å²) in [6.07, 6.45) is 3.11. The molecule has 0 aliphatic carbocycles. The number of likely N-dealkylation sites (tertiary alicyclic amines) is 1. The number of phenolic OH excluding ortho intramolecular Hbond substituents is 1. The van der Waals surface area contributed by atoms with Gasteiger partial charge in [-0.15, -0.1) is 0 Å². The van der Waals surface area contributed by atoms with E-state index in [0.29, 0.717) is 44.3 Å². The van der Waals surface area contributed by atoms with Crippen LogP contribution in [0.2, 0.25) is 0 Å². The molecule has 1 saturated heterocycles. The molecule has 0 radical (unpaired) electrons. The lowest BCUT2D eigenvalue weighted by molar-refractivity contribution is -0.142. The van der Waals surface area contributed by atoms with Crippen LogP contribution >= 0.6 is 0 Å². The number of benzene rings is 1. The fourth-order valence-electron chi connectivity index (χ4n) is 6.62. The Morgan fingerprint density at radius 3 is 2.09 bits per heavy atom. The second-order valence-corrected chi connectivity index (χ2v) is 15.2. The molecule has 6 amide bonds. The van der Waals surface area contributed by atoms with E-state index in [9.17, 15) is 33.9 Å². The third kappa shape index (κ3) is 14.7. The van der Waals surface area contributed by atoms with E-state index in [0.717, 1.165) is 6.42 Å². The van der Waals surface area contributed by atoms with Gasteiger partial charge in [-0.2, -0.15) is 0 Å². The molecule has 16 heteroatoms. The van der Waals surface area contributed by atoms with Crippen molar-refractivity contribution in [3.05, 3.63) is 29.8 Å². The first-order valence-electron chi connectivity index (χ1n) is 19.5. The van der Waals surface area contributed by atoms with Crippen molar-refractivity contribution in [2.75, 3.05) is 19.6 Å². The minimum Gasteiger partial charge on any atom is -0.508 e. The molecule has 0 aromatic heterocycles. The maximum absolute atomic E-state index is 14.3. The number of hydrogen-bond donors (Lipinski definition) is 7. The summed E-state index contributed by atoms with van der Waals surface area (Å²) in [7, 11) is 0. The largest absolute Gasteiger partial charge is 0.508 e. The first kappa shape index (κ1) is 46.3. The molecule has 10 N–H and O–H groups in total. The molecule has 16 nitrogen and oxygen atoms in total. The quantitative estimate of drug-likeness (QED) is 0.0508. The van der Waals surface area contributed by atoms with Gasteiger partial charge >= 0.3 is 0 Å². The number of carbonyl (C=O) groups excluding carboxylic acids is 6. The predicted octanol–water partition coefficient (Wildman–Crippen LogP) is 1.27. The molecule has 1 unspecified atom stereocenters. The lowest BCUT2D eigenvalue weighted by Gasteiger charge is -2.34. The van der Waals surface area contributed by atoms with Gasteiger partial charge in [0.1, 0.15) is 36.0 Å². The molecule has 1 aliphatic heterocycles. The number of aromatic hydroxyl groups is 1. The molecule has 2 rings (SSSR count). The van der Waals surface area contributed by atoms with Gasteiger partial charge in [0.15, 0.2) is 5.96 Å². The fourth-order valence-corrected chi connectivity index (χ4v) is 6.62. The highest BCUT2D eigenvalue weighted by Crippen LogP contribution is 2.21. The molecule has 55 heavy (non-hydrogen) atoms. The van der Waals surface area contributed by atoms with Gasteiger partial charge in [-0.25, -0.2) is 0 Å². The summed E-state index contributed by atoms with van der Waals surface area (Å²) in [5.41, 5.74) is 17.3. The number of primary amides is 1. The highest BCUT2D eigenvalue weighted by atomic mass is 16.3. The number of guanidine groups is 1. The Hall–Kier alpha value is -4.89. The third-order valence-electron chi connectivity index (χ3n) is 10.2. The van der Waals surface area contributed by atoms with Gasteiger partial charge in [0.2, 0.25) is 35.4 Å². The molecule has 1 aromatic carbocycles. The normalized spacial score (nSPS) is 17.2. The van der Waals surface area contributed by atoms with Gasteiger partial charge in [-0.05, 0) is 67.6 Å². The Balaban J connectivity index is 2.45. The van der Waals surface area contributed by atoms with Crippen LogP contribution in [0.25, 0.3) is 0 Å². The molecule has 0 saturated carbocycles. The summed E-state index contributed by atoms with van der Waals surface area (Å²) in [4.78, 5) is 88.3. The number of nitrogens with one attached hydrogen (secondary N) is 3. The van der Waals surface area contributed by atoms with Crippen LogP contribution in [-0.4, -0.2) is 106 Å². The molecular formula is C39H65N9O7. The minimum absolute atomic E-state index is 0.00631. The maximum atomic E-state index is 14.3. The van der Waals surface area contributed by atoms with Crippen LogP contribution in [0.4, 0.5) is 0 Å². The fraction of sp³-hybridized carbons (Fsp3) is 0.667. The van der Waals surface area contributed by atoms with E-state index >= 15 is 0 Å². The predicted molar refractivity (Wildman–Crippen MR) is 211 cm³/mol. The molecule has 0 spiro atoms. The van der Waals surface area contributed by atoms with Crippen molar-refractivity contribution in [1.82, 2.24) is 25.8 Å². The highest BCUT2D eigenvalue weighted by Gasteiger charge is 2.39. The van der Waals surface area contributed by atoms with E-state index in [4.69, 9.17) is 17.2 Å². The highest BCUT2D eigenvalue weighted by molar-refractivity contribution is 5.96. The SMILES string of the molecule is CCC(C)CN(C(C)=O)[C@@H](Cc1ccc(O)cc1)C(=O)N[C@H](C(=O)N[C@@H](CCCN=C(N)N)C(=O)N[C@@H](CC(C)C)C(=O)N1CCC[C@H]1C(N)=O)[C@@H](C)CC. The Morgan fingerprint density at radius 1 is 0.909 bits per heavy atom. The Bertz CT molecular complexity index is 1480. The lowest BCUT2D eigenvalue weighted by Crippen LogP contribution is -2.60. The topological polar surface area (TPSA) is 256 Å². The number of rotatable bonds is 22. The first-order valence-corrected chi connectivity index (χ1v) is 19.5. The maximum Gasteiger partial charge on any atom is 0.245 e. The third-order valence-corrected chi connectivity index (χ3v) is 10.2. The summed E-state index contributed by atoms with van der Waals surface area (Å²) in [5.74, 6) is -3.50. The number of phenols is 1. The summed E-state index contributed by atoms with van der Waals surface area (Å²) in [5, 5.41) is 18.4. The zero-order valence-electron chi connectivity index (χ0n) is 33.7. The molecule has 308 valence electrons. The van der Waals surface area contributed by atoms with E-state index in [1.165, 1.54) is 28.9 Å². The summed E-state index contributed by atoms with van der Waals surface area (Å²) < 4.78 is 0. The van der Waals surface area contributed by atoms with Gasteiger partial charge in [0.25, 0.3) is 0 Å². The first-order chi connectivity index (χ1) is 25.9. The van der Waals surface area contributed by atoms with Crippen molar-refractivity contribution in [3.8, 4) is 5.75 Å². The second kappa shape index (κ2) is 22.5. The monoisotopic (exact) mass is 772 g/mol. The molecule has 7 atom stereocenters. The second-order valence-electron chi connectivity index (χ2n) is 15.2. The standard InChI is InChI=1S/C39H65N9O7/c1-8-24(5)22-48(26(7)49)32(21-27-14-16-28(50)17-15-27)36(53)46-33(25(6)9-2)37(54)44-29(12-10-18-43-39(41)42)35(52)45-30(20-23(3)4)38(55)47-19-11-13-31(47)34(40)51/h14-17,23-25,29-33,50H,8-13,18-22H2,1-7H3,(H2,40,51)(H,44,54)(H,45,52)(H,46,53)(H4,41,42,43)/t24?,25-,29-,30-,31-,32-,33-/m0/s1. The Kier molecular flexibility index (Phi) is 18.9. The number of amides is 6. The number of nitrogens with two attached hydrogens (primary N) is 3. The van der Waals surface area contributed by atoms with Gasteiger partial charge in [-0.3, -0.25) is 33.8 Å². The summed E-state index contributed by atoms with van der Waals surface area (Å²) in [6.45, 7) is 13.7. The summed E-state index contributed by atoms with van der Waals surface area (Å²) in [6, 6.07) is 1.38. The molecule has 1 fully saturated rings. The van der Waals surface area contributed by atoms with Crippen LogP contribution in [0.1, 0.15) is 99.0 Å². The lowest BCUT2D eigenvalue weighted by atomic mass is 9.95. The van der Waals surface area contributed by atoms with Crippen molar-refractivity contribution in [3.63, 3.8) is 0 Å². The average molecular weight is 772 g/mol. The van der Waals surface area contributed by atoms with Gasteiger partial charge < -0.3 is 48.1 Å². The Labute approximate surface area is 325 Å². The van der Waals surface area contributed by atoms with Crippen LogP contribution in [0.3, 0.4) is 0 Å². The van der Waals surface area contributed by atoms with E-state index in [2.05, 4.69) is 20.9 Å². The minimum atomic E-state index is -1.15. The van der Waals surface area contributed by atoms with Crippen LogP contribution in [0.15, 0.2) is 29.3 Å². The molecule has 1 heterocycles. The Morgan fingerprint density at radius 2 is 1.55 bits per heavy atom. The van der Waals surface area contributed by atoms with E-state index in [1.807, 2.05) is 34.6 Å². The van der Waals surface area contributed by atoms with Gasteiger partial charge in [-0.1, -0.05) is 66.5 Å². The van der Waals surface area contributed by atoms with Crippen molar-refractivity contribution >= 4 is 41.4 Å². The zero-order chi connectivity index (χ0) is 41.4. The van der Waals surface area contributed by atoms with Crippen LogP contribution in [0.5, 0.6) is 5.75 Å². The van der Waals surface area contributed by atoms with Gasteiger partial charge in [0, 0.05) is 33.0 Å². The van der Waals surface area contributed by atoms with E-state index in [-0.39, 0.29) is 61.2 Å². The average Bonchev–Trinajstić information content (AvgIpc) is 3.63. The van der Waals surface area contributed by atoms with Crippen LogP contribution < -0.4 is 33.2 Å². The van der Waals surface area contributed by atoms with Gasteiger partial charge in [0.05, 0.1) is 0 Å². The van der Waals surface area contributed by atoms with E-state index in [1.54, 1.807) is 19.1 Å². The zero-order valence-corrected chi connectivity index (χ0v) is 33.7. The molecule has 1 aromatic rings. The van der Waals surface area contributed by atoms with Crippen molar-refractivity contribution < 1.29 is 33.9 Å². The van der Waals surface area contributed by atoms with Crippen LogP contribution in [-0.2, 0) is 35.2 Å². The van der Waals surface area contributed by atoms with Crippen molar-refractivity contribution in [1.29, 1.82) is 0 Å². The van der Waals surface area contributed by atoms with E-state index < -0.39 is 59.7 Å². The molecule has 0 bridgehead atoms. The number of nitrogens with zero attached hydrogens (tertiary/aromatic N) is 3. The summed E-state index contributed by atoms with van der Waals surface area (Å²) >= 11 is 0. The number of carbonyl (C=O) groups is 6. The molecule has 1 aliphatic rings. The smallest absolute Gasteiger partial charge is 0.245 e. The number of hydrogen-bond acceptors (Lipinski definition) is 8. The van der Waals surface area contributed by atoms with Crippen LogP contribution in [0, 0.1) is 17.8 Å².